The molecule has 8 heteroatoms. The molecule has 4 N–H and O–H groups in total. The van der Waals surface area contributed by atoms with Crippen LogP contribution in [0.5, 0.6) is 0 Å². The van der Waals surface area contributed by atoms with Crippen molar-refractivity contribution in [1.29, 1.82) is 0 Å². The van der Waals surface area contributed by atoms with Crippen LogP contribution in [0.4, 0.5) is 0 Å². The lowest BCUT2D eigenvalue weighted by Gasteiger charge is -2.32. The van der Waals surface area contributed by atoms with Gasteiger partial charge in [-0.05, 0) is 34.7 Å². The molecule has 2 heterocycles. The zero-order chi connectivity index (χ0) is 15.2. The van der Waals surface area contributed by atoms with Gasteiger partial charge in [-0.3, -0.25) is 11.1 Å². The zero-order valence-electron chi connectivity index (χ0n) is 12.7. The standard InChI is InChI=1S/C12H23BN4O3/c1-10(2)11(3,4)20-13(19-10)9-6-16-17(7-9)12(14,8-18)15-5/h6-7,15,18H,8,14H2,1-5H3. The third kappa shape index (κ3) is 2.38. The first-order valence-corrected chi connectivity index (χ1v) is 6.64. The molecule has 0 bridgehead atoms. The van der Waals surface area contributed by atoms with Crippen molar-refractivity contribution in [3.05, 3.63) is 12.4 Å². The summed E-state index contributed by atoms with van der Waals surface area (Å²) in [5.41, 5.74) is 5.95. The van der Waals surface area contributed by atoms with Crippen LogP contribution < -0.4 is 16.5 Å². The maximum absolute atomic E-state index is 9.37. The molecule has 0 spiro atoms. The minimum atomic E-state index is -1.14. The van der Waals surface area contributed by atoms with E-state index in [9.17, 15) is 5.11 Å². The van der Waals surface area contributed by atoms with E-state index >= 15 is 0 Å². The van der Waals surface area contributed by atoms with Crippen molar-refractivity contribution >= 4 is 12.6 Å². The van der Waals surface area contributed by atoms with Crippen LogP contribution in [-0.2, 0) is 15.1 Å². The molecular formula is C12H23BN4O3. The van der Waals surface area contributed by atoms with Gasteiger partial charge in [0.25, 0.3) is 0 Å². The Morgan fingerprint density at radius 2 is 1.95 bits per heavy atom. The highest BCUT2D eigenvalue weighted by atomic mass is 16.7. The number of aromatic nitrogens is 2. The molecule has 1 saturated heterocycles. The number of hydrogen-bond donors (Lipinski definition) is 3. The van der Waals surface area contributed by atoms with Gasteiger partial charge in [0.15, 0.2) is 5.79 Å². The molecule has 1 fully saturated rings. The molecule has 1 atom stereocenters. The Morgan fingerprint density at radius 3 is 2.40 bits per heavy atom. The summed E-state index contributed by atoms with van der Waals surface area (Å²) in [6.07, 6.45) is 3.35. The van der Waals surface area contributed by atoms with Crippen molar-refractivity contribution in [1.82, 2.24) is 15.1 Å². The van der Waals surface area contributed by atoms with E-state index in [2.05, 4.69) is 10.4 Å². The SMILES string of the molecule is CNC(N)(CO)n1cc(B2OC(C)(C)C(C)(C)O2)cn1. The third-order valence-corrected chi connectivity index (χ3v) is 4.21. The maximum atomic E-state index is 9.37. The minimum absolute atomic E-state index is 0.284. The summed E-state index contributed by atoms with van der Waals surface area (Å²) in [4.78, 5) is 0. The number of nitrogens with two attached hydrogens (primary N) is 1. The first-order chi connectivity index (χ1) is 9.15. The van der Waals surface area contributed by atoms with Crippen molar-refractivity contribution in [2.24, 2.45) is 5.73 Å². The average molecular weight is 282 g/mol. The number of nitrogens with zero attached hydrogens (tertiary/aromatic N) is 2. The summed E-state index contributed by atoms with van der Waals surface area (Å²) < 4.78 is 13.4. The molecule has 0 amide bonds. The van der Waals surface area contributed by atoms with Gasteiger partial charge in [-0.15, -0.1) is 0 Å². The number of likely N-dealkylation sites (N-methyl/N-ethyl adjacent to an activating group) is 1. The minimum Gasteiger partial charge on any atom is -0.399 e. The monoisotopic (exact) mass is 282 g/mol. The lowest BCUT2D eigenvalue weighted by atomic mass is 9.82. The van der Waals surface area contributed by atoms with Crippen molar-refractivity contribution < 1.29 is 14.4 Å². The highest BCUT2D eigenvalue weighted by Gasteiger charge is 2.52. The van der Waals surface area contributed by atoms with Crippen molar-refractivity contribution in [2.75, 3.05) is 13.7 Å². The molecule has 1 aromatic rings. The van der Waals surface area contributed by atoms with Crippen LogP contribution >= 0.6 is 0 Å². The van der Waals surface area contributed by atoms with Gasteiger partial charge in [-0.25, -0.2) is 4.68 Å². The van der Waals surface area contributed by atoms with E-state index < -0.39 is 24.1 Å². The van der Waals surface area contributed by atoms with Gasteiger partial charge >= 0.3 is 7.12 Å². The van der Waals surface area contributed by atoms with Crippen LogP contribution in [0.3, 0.4) is 0 Å². The van der Waals surface area contributed by atoms with Gasteiger partial charge in [-0.2, -0.15) is 5.10 Å². The Labute approximate surface area is 119 Å². The Balaban J connectivity index is 2.23. The molecule has 1 aliphatic heterocycles. The Kier molecular flexibility index (Phi) is 3.72. The Hall–Kier alpha value is -0.925. The summed E-state index contributed by atoms with van der Waals surface area (Å²) in [7, 11) is 1.17. The van der Waals surface area contributed by atoms with Gasteiger partial charge < -0.3 is 14.4 Å². The fraction of sp³-hybridized carbons (Fsp3) is 0.750. The molecule has 20 heavy (non-hydrogen) atoms. The van der Waals surface area contributed by atoms with Crippen molar-refractivity contribution in [3.63, 3.8) is 0 Å². The Morgan fingerprint density at radius 1 is 1.40 bits per heavy atom. The van der Waals surface area contributed by atoms with E-state index in [1.54, 1.807) is 19.4 Å². The lowest BCUT2D eigenvalue weighted by Crippen LogP contribution is -2.57. The molecule has 1 unspecified atom stereocenters. The molecule has 2 rings (SSSR count). The van der Waals surface area contributed by atoms with E-state index in [0.717, 1.165) is 5.46 Å². The maximum Gasteiger partial charge on any atom is 0.498 e. The predicted molar refractivity (Wildman–Crippen MR) is 76.2 cm³/mol. The lowest BCUT2D eigenvalue weighted by molar-refractivity contribution is 0.00578. The highest BCUT2D eigenvalue weighted by Crippen LogP contribution is 2.36. The molecule has 0 saturated carbocycles. The smallest absolute Gasteiger partial charge is 0.399 e. The van der Waals surface area contributed by atoms with Crippen LogP contribution in [0.2, 0.25) is 0 Å². The van der Waals surface area contributed by atoms with E-state index in [0.29, 0.717) is 0 Å². The summed E-state index contributed by atoms with van der Waals surface area (Å²) in [5.74, 6) is -1.14. The van der Waals surface area contributed by atoms with E-state index in [1.807, 2.05) is 27.7 Å². The van der Waals surface area contributed by atoms with Gasteiger partial charge in [0.05, 0.1) is 17.8 Å². The highest BCUT2D eigenvalue weighted by molar-refractivity contribution is 6.62. The number of rotatable bonds is 4. The molecule has 1 aromatic heterocycles. The zero-order valence-corrected chi connectivity index (χ0v) is 12.7. The van der Waals surface area contributed by atoms with Gasteiger partial charge in [-0.1, -0.05) is 0 Å². The van der Waals surface area contributed by atoms with E-state index in [-0.39, 0.29) is 6.61 Å². The molecule has 0 radical (unpaired) electrons. The summed E-state index contributed by atoms with van der Waals surface area (Å²) in [6, 6.07) is 0. The topological polar surface area (TPSA) is 94.6 Å². The quantitative estimate of drug-likeness (QED) is 0.482. The molecule has 0 aliphatic carbocycles. The van der Waals surface area contributed by atoms with E-state index in [4.69, 9.17) is 15.0 Å². The first kappa shape index (κ1) is 15.5. The molecule has 112 valence electrons. The fourth-order valence-electron chi connectivity index (χ4n) is 1.92. The fourth-order valence-corrected chi connectivity index (χ4v) is 1.92. The molecule has 7 nitrogen and oxygen atoms in total. The number of aliphatic hydroxyl groups is 1. The second-order valence-corrected chi connectivity index (χ2v) is 6.14. The Bertz CT molecular complexity index is 469. The molecule has 1 aliphatic rings. The largest absolute Gasteiger partial charge is 0.498 e. The van der Waals surface area contributed by atoms with Crippen LogP contribution in [-0.4, -0.2) is 46.9 Å². The second-order valence-electron chi connectivity index (χ2n) is 6.14. The molecular weight excluding hydrogens is 259 g/mol. The van der Waals surface area contributed by atoms with Crippen LogP contribution in [0, 0.1) is 0 Å². The number of nitrogens with one attached hydrogen (secondary N) is 1. The number of aliphatic hydroxyl groups excluding tert-OH is 1. The van der Waals surface area contributed by atoms with E-state index in [1.165, 1.54) is 4.68 Å². The van der Waals surface area contributed by atoms with Gasteiger partial charge in [0.1, 0.15) is 0 Å². The first-order valence-electron chi connectivity index (χ1n) is 6.64. The number of hydrogen-bond acceptors (Lipinski definition) is 6. The normalized spacial score (nSPS) is 23.9. The second kappa shape index (κ2) is 4.82. The summed E-state index contributed by atoms with van der Waals surface area (Å²) in [5, 5.41) is 16.4. The van der Waals surface area contributed by atoms with Crippen molar-refractivity contribution in [3.8, 4) is 0 Å². The van der Waals surface area contributed by atoms with Gasteiger partial charge in [0.2, 0.25) is 0 Å². The predicted octanol–water partition coefficient (Wildman–Crippen LogP) is -1.04. The van der Waals surface area contributed by atoms with Crippen LogP contribution in [0.1, 0.15) is 27.7 Å². The van der Waals surface area contributed by atoms with Crippen LogP contribution in [0.15, 0.2) is 12.4 Å². The van der Waals surface area contributed by atoms with Crippen molar-refractivity contribution in [2.45, 2.75) is 44.7 Å². The van der Waals surface area contributed by atoms with Gasteiger partial charge in [0, 0.05) is 17.9 Å². The summed E-state index contributed by atoms with van der Waals surface area (Å²) in [6.45, 7) is 7.68. The average Bonchev–Trinajstić information content (AvgIpc) is 2.93. The third-order valence-electron chi connectivity index (χ3n) is 4.21. The summed E-state index contributed by atoms with van der Waals surface area (Å²) >= 11 is 0. The van der Waals surface area contributed by atoms with Crippen LogP contribution in [0.25, 0.3) is 0 Å². The molecule has 0 aromatic carbocycles.